The molecule has 0 saturated carbocycles. The van der Waals surface area contributed by atoms with Crippen molar-refractivity contribution >= 4 is 11.6 Å². The number of carbonyl (C=O) groups is 1. The summed E-state index contributed by atoms with van der Waals surface area (Å²) in [5.74, 6) is 0.448. The largest absolute Gasteiger partial charge is 0.368 e. The van der Waals surface area contributed by atoms with Crippen LogP contribution in [-0.4, -0.2) is 42.0 Å². The van der Waals surface area contributed by atoms with Crippen molar-refractivity contribution in [1.29, 1.82) is 0 Å². The van der Waals surface area contributed by atoms with Gasteiger partial charge in [0.1, 0.15) is 0 Å². The van der Waals surface area contributed by atoms with Crippen LogP contribution in [0.4, 0.5) is 5.69 Å². The molecule has 4 nitrogen and oxygen atoms in total. The van der Waals surface area contributed by atoms with Gasteiger partial charge in [-0.1, -0.05) is 13.8 Å². The van der Waals surface area contributed by atoms with Crippen LogP contribution in [0, 0.1) is 5.92 Å². The lowest BCUT2D eigenvalue weighted by Crippen LogP contribution is -2.50. The average molecular weight is 247 g/mol. The fraction of sp³-hybridized carbons (Fsp3) is 0.571. The van der Waals surface area contributed by atoms with Crippen molar-refractivity contribution in [2.75, 3.05) is 31.1 Å². The maximum Gasteiger partial charge on any atom is 0.225 e. The second-order valence-corrected chi connectivity index (χ2v) is 4.83. The van der Waals surface area contributed by atoms with Gasteiger partial charge in [0.25, 0.3) is 0 Å². The fourth-order valence-corrected chi connectivity index (χ4v) is 2.23. The Hall–Kier alpha value is -1.58. The summed E-state index contributed by atoms with van der Waals surface area (Å²) in [7, 11) is 0. The van der Waals surface area contributed by atoms with Crippen molar-refractivity contribution in [1.82, 2.24) is 9.88 Å². The molecule has 2 rings (SSSR count). The Kier molecular flexibility index (Phi) is 4.18. The summed E-state index contributed by atoms with van der Waals surface area (Å²) in [6, 6.07) is 4.04. The van der Waals surface area contributed by atoms with Crippen LogP contribution in [0.3, 0.4) is 0 Å². The summed E-state index contributed by atoms with van der Waals surface area (Å²) in [6.07, 6.45) is 4.54. The fourth-order valence-electron chi connectivity index (χ4n) is 2.23. The number of rotatable bonds is 3. The molecule has 1 aromatic rings. The molecule has 1 unspecified atom stereocenters. The molecule has 1 fully saturated rings. The van der Waals surface area contributed by atoms with Crippen LogP contribution in [0.2, 0.25) is 0 Å². The average Bonchev–Trinajstić information content (AvgIpc) is 2.47. The number of amides is 1. The van der Waals surface area contributed by atoms with E-state index in [1.54, 1.807) is 0 Å². The summed E-state index contributed by atoms with van der Waals surface area (Å²) >= 11 is 0. The van der Waals surface area contributed by atoms with Crippen molar-refractivity contribution in [2.45, 2.75) is 20.3 Å². The zero-order valence-electron chi connectivity index (χ0n) is 11.2. The molecule has 0 spiro atoms. The van der Waals surface area contributed by atoms with Crippen LogP contribution in [0.25, 0.3) is 0 Å². The number of aromatic nitrogens is 1. The van der Waals surface area contributed by atoms with Gasteiger partial charge >= 0.3 is 0 Å². The molecular formula is C14H21N3O. The van der Waals surface area contributed by atoms with Gasteiger partial charge in [-0.2, -0.15) is 0 Å². The lowest BCUT2D eigenvalue weighted by atomic mass is 10.1. The maximum absolute atomic E-state index is 12.1. The molecule has 98 valence electrons. The maximum atomic E-state index is 12.1. The molecule has 0 aliphatic carbocycles. The second-order valence-electron chi connectivity index (χ2n) is 4.83. The third-order valence-corrected chi connectivity index (χ3v) is 3.65. The van der Waals surface area contributed by atoms with Crippen LogP contribution < -0.4 is 4.90 Å². The molecule has 1 aliphatic rings. The zero-order chi connectivity index (χ0) is 13.0. The van der Waals surface area contributed by atoms with Crippen molar-refractivity contribution in [3.63, 3.8) is 0 Å². The highest BCUT2D eigenvalue weighted by atomic mass is 16.2. The van der Waals surface area contributed by atoms with Gasteiger partial charge in [-0.3, -0.25) is 9.78 Å². The van der Waals surface area contributed by atoms with Crippen LogP contribution in [0.1, 0.15) is 20.3 Å². The predicted octanol–water partition coefficient (Wildman–Crippen LogP) is 1.78. The Labute approximate surface area is 109 Å². The Morgan fingerprint density at radius 2 is 1.89 bits per heavy atom. The van der Waals surface area contributed by atoms with E-state index in [2.05, 4.69) is 16.8 Å². The monoisotopic (exact) mass is 247 g/mol. The van der Waals surface area contributed by atoms with Gasteiger partial charge in [-0.25, -0.2) is 0 Å². The molecular weight excluding hydrogens is 226 g/mol. The van der Waals surface area contributed by atoms with E-state index in [-0.39, 0.29) is 5.92 Å². The molecule has 2 heterocycles. The van der Waals surface area contributed by atoms with Crippen LogP contribution in [-0.2, 0) is 4.79 Å². The number of pyridine rings is 1. The number of piperazine rings is 1. The third-order valence-electron chi connectivity index (χ3n) is 3.65. The van der Waals surface area contributed by atoms with E-state index in [0.717, 1.165) is 32.6 Å². The number of hydrogen-bond acceptors (Lipinski definition) is 3. The van der Waals surface area contributed by atoms with Gasteiger partial charge in [0.15, 0.2) is 0 Å². The molecule has 18 heavy (non-hydrogen) atoms. The predicted molar refractivity (Wildman–Crippen MR) is 72.5 cm³/mol. The van der Waals surface area contributed by atoms with Gasteiger partial charge in [-0.15, -0.1) is 0 Å². The van der Waals surface area contributed by atoms with E-state index in [0.29, 0.717) is 5.91 Å². The number of carbonyl (C=O) groups excluding carboxylic acids is 1. The minimum Gasteiger partial charge on any atom is -0.368 e. The quantitative estimate of drug-likeness (QED) is 0.817. The van der Waals surface area contributed by atoms with E-state index in [9.17, 15) is 4.79 Å². The van der Waals surface area contributed by atoms with Crippen LogP contribution >= 0.6 is 0 Å². The lowest BCUT2D eigenvalue weighted by Gasteiger charge is -2.37. The first kappa shape index (κ1) is 12.9. The minimum atomic E-state index is 0.150. The summed E-state index contributed by atoms with van der Waals surface area (Å²) in [5, 5.41) is 0. The van der Waals surface area contributed by atoms with Crippen LogP contribution in [0.5, 0.6) is 0 Å². The first-order valence-corrected chi connectivity index (χ1v) is 6.66. The van der Waals surface area contributed by atoms with E-state index < -0.39 is 0 Å². The first-order chi connectivity index (χ1) is 8.72. The summed E-state index contributed by atoms with van der Waals surface area (Å²) in [6.45, 7) is 7.54. The van der Waals surface area contributed by atoms with Gasteiger partial charge in [0.05, 0.1) is 0 Å². The van der Waals surface area contributed by atoms with Gasteiger partial charge in [-0.05, 0) is 18.6 Å². The molecule has 1 aromatic heterocycles. The van der Waals surface area contributed by atoms with Crippen molar-refractivity contribution < 1.29 is 4.79 Å². The Morgan fingerprint density at radius 3 is 2.44 bits per heavy atom. The lowest BCUT2D eigenvalue weighted by molar-refractivity contribution is -0.135. The molecule has 0 N–H and O–H groups in total. The molecule has 0 aromatic carbocycles. The molecule has 1 saturated heterocycles. The van der Waals surface area contributed by atoms with Crippen molar-refractivity contribution in [3.8, 4) is 0 Å². The first-order valence-electron chi connectivity index (χ1n) is 6.66. The topological polar surface area (TPSA) is 36.4 Å². The highest BCUT2D eigenvalue weighted by Gasteiger charge is 2.23. The number of hydrogen-bond donors (Lipinski definition) is 0. The molecule has 0 bridgehead atoms. The molecule has 1 atom stereocenters. The Balaban J connectivity index is 1.90. The highest BCUT2D eigenvalue weighted by Crippen LogP contribution is 2.16. The smallest absolute Gasteiger partial charge is 0.225 e. The highest BCUT2D eigenvalue weighted by molar-refractivity contribution is 5.78. The summed E-state index contributed by atoms with van der Waals surface area (Å²) in [5.41, 5.74) is 1.20. The zero-order valence-corrected chi connectivity index (χ0v) is 11.2. The van der Waals surface area contributed by atoms with E-state index in [1.165, 1.54) is 5.69 Å². The summed E-state index contributed by atoms with van der Waals surface area (Å²) < 4.78 is 0. The summed E-state index contributed by atoms with van der Waals surface area (Å²) in [4.78, 5) is 20.4. The minimum absolute atomic E-state index is 0.150. The Bertz CT molecular complexity index is 385. The standard InChI is InChI=1S/C14H21N3O/c1-3-12(2)14(18)17-10-8-16(9-11-17)13-4-6-15-7-5-13/h4-7,12H,3,8-11H2,1-2H3. The third kappa shape index (κ3) is 2.81. The molecule has 4 heteroatoms. The van der Waals surface area contributed by atoms with E-state index in [4.69, 9.17) is 0 Å². The molecule has 1 amide bonds. The van der Waals surface area contributed by atoms with Gasteiger partial charge < -0.3 is 9.80 Å². The van der Waals surface area contributed by atoms with E-state index in [1.807, 2.05) is 36.4 Å². The van der Waals surface area contributed by atoms with Gasteiger partial charge in [0, 0.05) is 50.2 Å². The van der Waals surface area contributed by atoms with Gasteiger partial charge in [0.2, 0.25) is 5.91 Å². The second kappa shape index (κ2) is 5.85. The number of anilines is 1. The normalized spacial score (nSPS) is 17.7. The molecule has 0 radical (unpaired) electrons. The Morgan fingerprint density at radius 1 is 1.28 bits per heavy atom. The SMILES string of the molecule is CCC(C)C(=O)N1CCN(c2ccncc2)CC1. The number of nitrogens with zero attached hydrogens (tertiary/aromatic N) is 3. The molecule has 1 aliphatic heterocycles. The van der Waals surface area contributed by atoms with Crippen molar-refractivity contribution in [2.24, 2.45) is 5.92 Å². The van der Waals surface area contributed by atoms with E-state index >= 15 is 0 Å². The van der Waals surface area contributed by atoms with Crippen molar-refractivity contribution in [3.05, 3.63) is 24.5 Å². The van der Waals surface area contributed by atoms with Crippen LogP contribution in [0.15, 0.2) is 24.5 Å².